The summed E-state index contributed by atoms with van der Waals surface area (Å²) in [6.07, 6.45) is 0.816. The van der Waals surface area contributed by atoms with Crippen molar-refractivity contribution in [3.63, 3.8) is 0 Å². The van der Waals surface area contributed by atoms with Gasteiger partial charge < -0.3 is 14.6 Å². The summed E-state index contributed by atoms with van der Waals surface area (Å²) in [5.74, 6) is 0.740. The van der Waals surface area contributed by atoms with Crippen LogP contribution in [0.5, 0.6) is 5.75 Å². The number of hydrogen-bond donors (Lipinski definition) is 1. The van der Waals surface area contributed by atoms with E-state index in [1.165, 1.54) is 0 Å². The van der Waals surface area contributed by atoms with E-state index in [0.717, 1.165) is 17.7 Å². The Morgan fingerprint density at radius 3 is 2.69 bits per heavy atom. The molecule has 0 spiro atoms. The number of ether oxygens (including phenoxy) is 1. The number of halogens is 1. The molecule has 134 valence electrons. The molecule has 5 nitrogen and oxygen atoms in total. The van der Waals surface area contributed by atoms with Gasteiger partial charge in [0.1, 0.15) is 18.1 Å². The van der Waals surface area contributed by atoms with Gasteiger partial charge in [-0.05, 0) is 37.1 Å². The summed E-state index contributed by atoms with van der Waals surface area (Å²) < 4.78 is 10.9. The first-order chi connectivity index (χ1) is 12.6. The predicted molar refractivity (Wildman–Crippen MR) is 101 cm³/mol. The summed E-state index contributed by atoms with van der Waals surface area (Å²) in [7, 11) is 0. The Bertz CT molecular complexity index is 921. The molecule has 3 aromatic rings. The molecule has 2 aromatic carbocycles. The molecule has 1 N–H and O–H groups in total. The highest BCUT2D eigenvalue weighted by Crippen LogP contribution is 2.26. The fourth-order valence-corrected chi connectivity index (χ4v) is 2.77. The lowest BCUT2D eigenvalue weighted by Crippen LogP contribution is -2.16. The Morgan fingerprint density at radius 1 is 1.19 bits per heavy atom. The average molecular weight is 371 g/mol. The highest BCUT2D eigenvalue weighted by molar-refractivity contribution is 6.32. The van der Waals surface area contributed by atoms with E-state index in [1.54, 1.807) is 19.1 Å². The highest BCUT2D eigenvalue weighted by Gasteiger charge is 2.21. The molecule has 0 aliphatic carbocycles. The Balaban J connectivity index is 1.79. The number of nitrogens with zero attached hydrogens (tertiary/aromatic N) is 1. The molecule has 6 heteroatoms. The summed E-state index contributed by atoms with van der Waals surface area (Å²) >= 11 is 6.10. The molecule has 1 heterocycles. The zero-order valence-electron chi connectivity index (χ0n) is 14.6. The largest absolute Gasteiger partial charge is 0.487 e. The number of carbonyl (C=O) groups excluding carboxylic acids is 1. The second-order valence-corrected chi connectivity index (χ2v) is 6.16. The first-order valence-electron chi connectivity index (χ1n) is 8.32. The Morgan fingerprint density at radius 2 is 1.92 bits per heavy atom. The van der Waals surface area contributed by atoms with Gasteiger partial charge in [-0.15, -0.1) is 0 Å². The number of amides is 1. The Hall–Kier alpha value is -2.79. The van der Waals surface area contributed by atoms with Gasteiger partial charge in [0.05, 0.1) is 10.6 Å². The summed E-state index contributed by atoms with van der Waals surface area (Å²) in [4.78, 5) is 12.7. The van der Waals surface area contributed by atoms with Crippen LogP contribution < -0.4 is 10.1 Å². The van der Waals surface area contributed by atoms with Crippen molar-refractivity contribution < 1.29 is 14.1 Å². The van der Waals surface area contributed by atoms with E-state index in [9.17, 15) is 4.79 Å². The van der Waals surface area contributed by atoms with Crippen molar-refractivity contribution in [2.45, 2.75) is 26.9 Å². The predicted octanol–water partition coefficient (Wildman–Crippen LogP) is 5.03. The van der Waals surface area contributed by atoms with E-state index in [-0.39, 0.29) is 18.2 Å². The van der Waals surface area contributed by atoms with Crippen LogP contribution in [0, 0.1) is 6.92 Å². The number of para-hydroxylation sites is 2. The van der Waals surface area contributed by atoms with Gasteiger partial charge in [0.25, 0.3) is 5.91 Å². The number of benzene rings is 2. The van der Waals surface area contributed by atoms with Crippen LogP contribution in [0.4, 0.5) is 5.69 Å². The van der Waals surface area contributed by atoms with E-state index in [0.29, 0.717) is 22.1 Å². The van der Waals surface area contributed by atoms with Crippen LogP contribution in [0.25, 0.3) is 0 Å². The van der Waals surface area contributed by atoms with Crippen LogP contribution in [-0.2, 0) is 13.0 Å². The van der Waals surface area contributed by atoms with Crippen molar-refractivity contribution >= 4 is 23.2 Å². The third-order valence-electron chi connectivity index (χ3n) is 4.05. The van der Waals surface area contributed by atoms with Gasteiger partial charge in [-0.2, -0.15) is 0 Å². The van der Waals surface area contributed by atoms with Crippen molar-refractivity contribution in [2.24, 2.45) is 0 Å². The van der Waals surface area contributed by atoms with Crippen LogP contribution in [0.3, 0.4) is 0 Å². The number of hydrogen-bond acceptors (Lipinski definition) is 4. The van der Waals surface area contributed by atoms with Crippen LogP contribution >= 0.6 is 11.6 Å². The minimum atomic E-state index is -0.333. The normalized spacial score (nSPS) is 10.6. The summed E-state index contributed by atoms with van der Waals surface area (Å²) in [6.45, 7) is 3.92. The van der Waals surface area contributed by atoms with Crippen LogP contribution in [0.1, 0.15) is 34.3 Å². The van der Waals surface area contributed by atoms with E-state index in [1.807, 2.05) is 43.3 Å². The molecule has 3 rings (SSSR count). The standard InChI is InChI=1S/C20H19ClN2O3/c1-3-14-8-4-6-10-17(14)22-20(24)19-15(13(2)26-23-19)12-25-18-11-7-5-9-16(18)21/h4-11H,3,12H2,1-2H3,(H,22,24). The molecule has 0 bridgehead atoms. The van der Waals surface area contributed by atoms with Crippen molar-refractivity contribution in [1.82, 2.24) is 5.16 Å². The Labute approximate surface area is 156 Å². The monoisotopic (exact) mass is 370 g/mol. The van der Waals surface area contributed by atoms with Crippen LogP contribution in [0.15, 0.2) is 53.1 Å². The molecule has 0 unspecified atom stereocenters. The molecular weight excluding hydrogens is 352 g/mol. The lowest BCUT2D eigenvalue weighted by atomic mass is 10.1. The third-order valence-corrected chi connectivity index (χ3v) is 4.37. The van der Waals surface area contributed by atoms with Crippen molar-refractivity contribution in [3.05, 3.63) is 76.1 Å². The molecule has 26 heavy (non-hydrogen) atoms. The summed E-state index contributed by atoms with van der Waals surface area (Å²) in [5.41, 5.74) is 2.62. The quantitative estimate of drug-likeness (QED) is 0.660. The molecule has 0 saturated carbocycles. The average Bonchev–Trinajstić information content (AvgIpc) is 3.02. The molecule has 1 aromatic heterocycles. The number of anilines is 1. The second-order valence-electron chi connectivity index (χ2n) is 5.75. The number of rotatable bonds is 6. The van der Waals surface area contributed by atoms with Crippen LogP contribution in [0.2, 0.25) is 5.02 Å². The summed E-state index contributed by atoms with van der Waals surface area (Å²) in [5, 5.41) is 7.30. The lowest BCUT2D eigenvalue weighted by Gasteiger charge is -2.10. The van der Waals surface area contributed by atoms with Crippen molar-refractivity contribution in [2.75, 3.05) is 5.32 Å². The third kappa shape index (κ3) is 3.89. The number of aromatic nitrogens is 1. The van der Waals surface area contributed by atoms with Gasteiger partial charge in [-0.3, -0.25) is 4.79 Å². The zero-order valence-corrected chi connectivity index (χ0v) is 15.3. The maximum Gasteiger partial charge on any atom is 0.278 e. The molecule has 0 radical (unpaired) electrons. The van der Waals surface area contributed by atoms with Gasteiger partial charge in [0.2, 0.25) is 0 Å². The molecular formula is C20H19ClN2O3. The number of carbonyl (C=O) groups is 1. The topological polar surface area (TPSA) is 64.4 Å². The van der Waals surface area contributed by atoms with Crippen LogP contribution in [-0.4, -0.2) is 11.1 Å². The maximum atomic E-state index is 12.7. The second kappa shape index (κ2) is 8.06. The molecule has 0 aliphatic heterocycles. The molecule has 0 saturated heterocycles. The Kier molecular flexibility index (Phi) is 5.58. The van der Waals surface area contributed by atoms with Gasteiger partial charge in [0, 0.05) is 5.69 Å². The fraction of sp³-hybridized carbons (Fsp3) is 0.200. The van der Waals surface area contributed by atoms with Gasteiger partial charge >= 0.3 is 0 Å². The first-order valence-corrected chi connectivity index (χ1v) is 8.69. The van der Waals surface area contributed by atoms with Gasteiger partial charge in [-0.25, -0.2) is 0 Å². The lowest BCUT2D eigenvalue weighted by molar-refractivity contribution is 0.101. The molecule has 1 amide bonds. The zero-order chi connectivity index (χ0) is 18.5. The van der Waals surface area contributed by atoms with Gasteiger partial charge in [0.15, 0.2) is 5.69 Å². The maximum absolute atomic E-state index is 12.7. The number of nitrogens with one attached hydrogen (secondary N) is 1. The number of aryl methyl sites for hydroxylation is 2. The van der Waals surface area contributed by atoms with Crippen molar-refractivity contribution in [1.29, 1.82) is 0 Å². The minimum absolute atomic E-state index is 0.136. The van der Waals surface area contributed by atoms with Crippen molar-refractivity contribution in [3.8, 4) is 5.75 Å². The SMILES string of the molecule is CCc1ccccc1NC(=O)c1noc(C)c1COc1ccccc1Cl. The van der Waals surface area contributed by atoms with E-state index in [2.05, 4.69) is 10.5 Å². The molecule has 0 fully saturated rings. The van der Waals surface area contributed by atoms with E-state index < -0.39 is 0 Å². The fourth-order valence-electron chi connectivity index (χ4n) is 2.58. The molecule has 0 atom stereocenters. The van der Waals surface area contributed by atoms with E-state index >= 15 is 0 Å². The van der Waals surface area contributed by atoms with Gasteiger partial charge in [-0.1, -0.05) is 54.0 Å². The smallest absolute Gasteiger partial charge is 0.278 e. The van der Waals surface area contributed by atoms with E-state index in [4.69, 9.17) is 20.9 Å². The highest BCUT2D eigenvalue weighted by atomic mass is 35.5. The minimum Gasteiger partial charge on any atom is -0.487 e. The first kappa shape index (κ1) is 18.0. The summed E-state index contributed by atoms with van der Waals surface area (Å²) in [6, 6.07) is 14.8. The molecule has 0 aliphatic rings.